The zero-order valence-corrected chi connectivity index (χ0v) is 8.11. The first-order valence-electron chi connectivity index (χ1n) is 3.79. The van der Waals surface area contributed by atoms with Crippen molar-refractivity contribution in [1.29, 1.82) is 0 Å². The number of rotatable bonds is 1. The van der Waals surface area contributed by atoms with E-state index in [1.54, 1.807) is 11.3 Å². The van der Waals surface area contributed by atoms with Gasteiger partial charge in [0.05, 0.1) is 0 Å². The zero-order valence-electron chi connectivity index (χ0n) is 7.29. The van der Waals surface area contributed by atoms with Crippen LogP contribution in [0.1, 0.15) is 32.4 Å². The molecule has 2 heteroatoms. The molecule has 0 saturated heterocycles. The Morgan fingerprint density at radius 3 is 2.45 bits per heavy atom. The Bertz CT molecular complexity index is 208. The standard InChI is InChI=1S/C9H15NS/c1-9(2,3)8(10)7-4-5-11-6-7/h4-6,8H,10H2,1-3H3. The molecule has 0 aromatic carbocycles. The van der Waals surface area contributed by atoms with Crippen molar-refractivity contribution in [3.8, 4) is 0 Å². The maximum atomic E-state index is 6.02. The SMILES string of the molecule is CC(C)(C)C(N)c1ccsc1. The van der Waals surface area contributed by atoms with Gasteiger partial charge in [-0.15, -0.1) is 0 Å². The molecule has 1 aromatic heterocycles. The van der Waals surface area contributed by atoms with Crippen molar-refractivity contribution in [2.75, 3.05) is 0 Å². The molecule has 0 spiro atoms. The summed E-state index contributed by atoms with van der Waals surface area (Å²) < 4.78 is 0. The van der Waals surface area contributed by atoms with E-state index in [0.29, 0.717) is 0 Å². The molecular formula is C9H15NS. The van der Waals surface area contributed by atoms with Crippen LogP contribution >= 0.6 is 11.3 Å². The molecule has 0 aliphatic rings. The van der Waals surface area contributed by atoms with Crippen LogP contribution in [-0.2, 0) is 0 Å². The average Bonchev–Trinajstić information content (AvgIpc) is 2.34. The fourth-order valence-electron chi connectivity index (χ4n) is 0.952. The van der Waals surface area contributed by atoms with Gasteiger partial charge in [0, 0.05) is 6.04 Å². The summed E-state index contributed by atoms with van der Waals surface area (Å²) >= 11 is 1.70. The van der Waals surface area contributed by atoms with Gasteiger partial charge < -0.3 is 5.73 Å². The van der Waals surface area contributed by atoms with Crippen molar-refractivity contribution in [3.05, 3.63) is 22.4 Å². The summed E-state index contributed by atoms with van der Waals surface area (Å²) in [6, 6.07) is 2.26. The highest BCUT2D eigenvalue weighted by Gasteiger charge is 2.21. The van der Waals surface area contributed by atoms with Crippen LogP contribution in [0.25, 0.3) is 0 Å². The molecule has 0 radical (unpaired) electrons. The molecule has 1 heterocycles. The van der Waals surface area contributed by atoms with E-state index in [1.165, 1.54) is 5.56 Å². The lowest BCUT2D eigenvalue weighted by molar-refractivity contribution is 0.327. The predicted molar refractivity (Wildman–Crippen MR) is 50.7 cm³/mol. The lowest BCUT2D eigenvalue weighted by Gasteiger charge is -2.26. The Kier molecular flexibility index (Phi) is 2.35. The minimum absolute atomic E-state index is 0.161. The molecule has 0 amide bonds. The highest BCUT2D eigenvalue weighted by molar-refractivity contribution is 7.07. The van der Waals surface area contributed by atoms with Gasteiger partial charge in [-0.2, -0.15) is 11.3 Å². The molecule has 1 rings (SSSR count). The van der Waals surface area contributed by atoms with Gasteiger partial charge in [0.1, 0.15) is 0 Å². The minimum Gasteiger partial charge on any atom is -0.323 e. The smallest absolute Gasteiger partial charge is 0.0352 e. The molecule has 1 nitrogen and oxygen atoms in total. The molecule has 0 aliphatic carbocycles. The van der Waals surface area contributed by atoms with Gasteiger partial charge in [0.2, 0.25) is 0 Å². The van der Waals surface area contributed by atoms with Gasteiger partial charge in [-0.3, -0.25) is 0 Å². The Balaban J connectivity index is 2.78. The van der Waals surface area contributed by atoms with E-state index in [1.807, 2.05) is 0 Å². The van der Waals surface area contributed by atoms with Crippen LogP contribution < -0.4 is 5.73 Å². The van der Waals surface area contributed by atoms with Gasteiger partial charge in [0.15, 0.2) is 0 Å². The monoisotopic (exact) mass is 169 g/mol. The second kappa shape index (κ2) is 2.95. The third-order valence-electron chi connectivity index (χ3n) is 1.84. The second-order valence-corrected chi connectivity index (χ2v) is 4.68. The Morgan fingerprint density at radius 2 is 2.09 bits per heavy atom. The maximum Gasteiger partial charge on any atom is 0.0352 e. The normalized spacial score (nSPS) is 14.9. The average molecular weight is 169 g/mol. The highest BCUT2D eigenvalue weighted by atomic mass is 32.1. The van der Waals surface area contributed by atoms with E-state index in [2.05, 4.69) is 37.6 Å². The van der Waals surface area contributed by atoms with Crippen LogP contribution in [0.4, 0.5) is 0 Å². The van der Waals surface area contributed by atoms with Crippen LogP contribution in [0.15, 0.2) is 16.8 Å². The van der Waals surface area contributed by atoms with Crippen molar-refractivity contribution in [2.24, 2.45) is 11.1 Å². The number of thiophene rings is 1. The first-order valence-corrected chi connectivity index (χ1v) is 4.74. The summed E-state index contributed by atoms with van der Waals surface area (Å²) in [7, 11) is 0. The molecule has 0 bridgehead atoms. The van der Waals surface area contributed by atoms with Gasteiger partial charge in [0.25, 0.3) is 0 Å². The van der Waals surface area contributed by atoms with Gasteiger partial charge >= 0.3 is 0 Å². The van der Waals surface area contributed by atoms with E-state index in [0.717, 1.165) is 0 Å². The first-order chi connectivity index (χ1) is 5.02. The molecule has 62 valence electrons. The van der Waals surface area contributed by atoms with Crippen LogP contribution in [0.3, 0.4) is 0 Å². The van der Waals surface area contributed by atoms with Crippen LogP contribution in [0, 0.1) is 5.41 Å². The summed E-state index contributed by atoms with van der Waals surface area (Å²) in [6.45, 7) is 6.49. The Labute approximate surface area is 72.2 Å². The Hall–Kier alpha value is -0.340. The fourth-order valence-corrected chi connectivity index (χ4v) is 1.65. The van der Waals surface area contributed by atoms with E-state index in [-0.39, 0.29) is 11.5 Å². The lowest BCUT2D eigenvalue weighted by atomic mass is 9.84. The highest BCUT2D eigenvalue weighted by Crippen LogP contribution is 2.31. The van der Waals surface area contributed by atoms with Crippen molar-refractivity contribution >= 4 is 11.3 Å². The molecule has 2 N–H and O–H groups in total. The van der Waals surface area contributed by atoms with E-state index >= 15 is 0 Å². The van der Waals surface area contributed by atoms with Crippen LogP contribution in [-0.4, -0.2) is 0 Å². The van der Waals surface area contributed by atoms with Crippen molar-refractivity contribution in [1.82, 2.24) is 0 Å². The minimum atomic E-state index is 0.161. The molecule has 0 fully saturated rings. The summed E-state index contributed by atoms with van der Waals surface area (Å²) in [4.78, 5) is 0. The third kappa shape index (κ3) is 2.04. The molecule has 11 heavy (non-hydrogen) atoms. The third-order valence-corrected chi connectivity index (χ3v) is 2.54. The Morgan fingerprint density at radius 1 is 1.45 bits per heavy atom. The molecule has 1 aromatic rings. The van der Waals surface area contributed by atoms with Crippen molar-refractivity contribution < 1.29 is 0 Å². The topological polar surface area (TPSA) is 26.0 Å². The molecule has 0 saturated carbocycles. The fraction of sp³-hybridized carbons (Fsp3) is 0.556. The van der Waals surface area contributed by atoms with Gasteiger partial charge in [-0.1, -0.05) is 20.8 Å². The number of hydrogen-bond acceptors (Lipinski definition) is 2. The summed E-state index contributed by atoms with van der Waals surface area (Å²) in [5, 5.41) is 4.19. The second-order valence-electron chi connectivity index (χ2n) is 3.90. The van der Waals surface area contributed by atoms with Gasteiger partial charge in [-0.05, 0) is 27.8 Å². The lowest BCUT2D eigenvalue weighted by Crippen LogP contribution is -2.25. The largest absolute Gasteiger partial charge is 0.323 e. The summed E-state index contributed by atoms with van der Waals surface area (Å²) in [6.07, 6.45) is 0. The number of nitrogens with two attached hydrogens (primary N) is 1. The molecule has 1 unspecified atom stereocenters. The van der Waals surface area contributed by atoms with Gasteiger partial charge in [-0.25, -0.2) is 0 Å². The molecular weight excluding hydrogens is 154 g/mol. The first kappa shape index (κ1) is 8.75. The van der Waals surface area contributed by atoms with Crippen LogP contribution in [0.5, 0.6) is 0 Å². The van der Waals surface area contributed by atoms with E-state index in [9.17, 15) is 0 Å². The molecule has 1 atom stereocenters. The molecule has 0 aliphatic heterocycles. The summed E-state index contributed by atoms with van der Waals surface area (Å²) in [5.74, 6) is 0. The quantitative estimate of drug-likeness (QED) is 0.687. The maximum absolute atomic E-state index is 6.02. The zero-order chi connectivity index (χ0) is 8.48. The van der Waals surface area contributed by atoms with Crippen LogP contribution in [0.2, 0.25) is 0 Å². The van der Waals surface area contributed by atoms with Crippen molar-refractivity contribution in [3.63, 3.8) is 0 Å². The summed E-state index contributed by atoms with van der Waals surface area (Å²) in [5.41, 5.74) is 7.44. The van der Waals surface area contributed by atoms with Crippen molar-refractivity contribution in [2.45, 2.75) is 26.8 Å². The predicted octanol–water partition coefficient (Wildman–Crippen LogP) is 2.79. The van der Waals surface area contributed by atoms with E-state index in [4.69, 9.17) is 5.73 Å². The van der Waals surface area contributed by atoms with E-state index < -0.39 is 0 Å². The number of hydrogen-bond donors (Lipinski definition) is 1.